The first-order valence-corrected chi connectivity index (χ1v) is 6.70. The van der Waals surface area contributed by atoms with Gasteiger partial charge in [-0.1, -0.05) is 19.1 Å². The standard InChI is InChI=1S/C16H15F3N2O/c1-2-14(11-7-9-12(22)10-8-11)20-21-15-6-4-3-5-13(15)16(17,18)19/h3-10,21-22H,2H2,1H3/b20-14+. The number of aromatic hydroxyl groups is 1. The summed E-state index contributed by atoms with van der Waals surface area (Å²) in [5.41, 5.74) is 2.96. The van der Waals surface area contributed by atoms with Gasteiger partial charge in [-0.2, -0.15) is 18.3 Å². The van der Waals surface area contributed by atoms with Crippen LogP contribution in [-0.4, -0.2) is 10.8 Å². The third-order valence-corrected chi connectivity index (χ3v) is 3.08. The number of hydrogen-bond donors (Lipinski definition) is 2. The maximum Gasteiger partial charge on any atom is 0.418 e. The van der Waals surface area contributed by atoms with E-state index in [4.69, 9.17) is 0 Å². The van der Waals surface area contributed by atoms with E-state index < -0.39 is 11.7 Å². The molecule has 0 aliphatic heterocycles. The van der Waals surface area contributed by atoms with Crippen molar-refractivity contribution in [3.8, 4) is 5.75 Å². The molecule has 0 atom stereocenters. The molecule has 3 nitrogen and oxygen atoms in total. The Bertz CT molecular complexity index is 664. The predicted molar refractivity (Wildman–Crippen MR) is 80.0 cm³/mol. The highest BCUT2D eigenvalue weighted by Crippen LogP contribution is 2.34. The highest BCUT2D eigenvalue weighted by atomic mass is 19.4. The average molecular weight is 308 g/mol. The molecule has 0 spiro atoms. The lowest BCUT2D eigenvalue weighted by molar-refractivity contribution is -0.136. The van der Waals surface area contributed by atoms with Crippen molar-refractivity contribution in [2.24, 2.45) is 5.10 Å². The molecule has 0 radical (unpaired) electrons. The van der Waals surface area contributed by atoms with Crippen molar-refractivity contribution < 1.29 is 18.3 Å². The van der Waals surface area contributed by atoms with Crippen molar-refractivity contribution in [3.05, 3.63) is 59.7 Å². The summed E-state index contributed by atoms with van der Waals surface area (Å²) < 4.78 is 38.7. The summed E-state index contributed by atoms with van der Waals surface area (Å²) in [6.45, 7) is 1.85. The number of para-hydroxylation sites is 1. The fraction of sp³-hybridized carbons (Fsp3) is 0.188. The zero-order chi connectivity index (χ0) is 16.2. The van der Waals surface area contributed by atoms with Gasteiger partial charge >= 0.3 is 6.18 Å². The third-order valence-electron chi connectivity index (χ3n) is 3.08. The van der Waals surface area contributed by atoms with E-state index in [1.807, 2.05) is 6.92 Å². The smallest absolute Gasteiger partial charge is 0.418 e. The molecule has 2 rings (SSSR count). The van der Waals surface area contributed by atoms with Gasteiger partial charge in [0.25, 0.3) is 0 Å². The number of alkyl halides is 3. The van der Waals surface area contributed by atoms with Crippen molar-refractivity contribution in [2.75, 3.05) is 5.43 Å². The number of halogens is 3. The Morgan fingerprint density at radius 2 is 1.73 bits per heavy atom. The van der Waals surface area contributed by atoms with Crippen LogP contribution in [0.4, 0.5) is 18.9 Å². The van der Waals surface area contributed by atoms with E-state index in [0.717, 1.165) is 11.6 Å². The number of benzene rings is 2. The third kappa shape index (κ3) is 3.78. The van der Waals surface area contributed by atoms with E-state index >= 15 is 0 Å². The largest absolute Gasteiger partial charge is 0.508 e. The molecule has 2 aromatic carbocycles. The fourth-order valence-corrected chi connectivity index (χ4v) is 1.96. The van der Waals surface area contributed by atoms with Crippen molar-refractivity contribution in [2.45, 2.75) is 19.5 Å². The maximum atomic E-state index is 12.9. The van der Waals surface area contributed by atoms with Crippen LogP contribution >= 0.6 is 0 Å². The van der Waals surface area contributed by atoms with Gasteiger partial charge in [-0.05, 0) is 48.4 Å². The number of phenols is 1. The number of nitrogens with zero attached hydrogens (tertiary/aromatic N) is 1. The molecule has 0 heterocycles. The molecule has 2 aromatic rings. The van der Waals surface area contributed by atoms with E-state index in [-0.39, 0.29) is 11.4 Å². The van der Waals surface area contributed by atoms with E-state index in [0.29, 0.717) is 12.1 Å². The lowest BCUT2D eigenvalue weighted by atomic mass is 10.1. The molecule has 6 heteroatoms. The molecule has 0 unspecified atom stereocenters. The van der Waals surface area contributed by atoms with Crippen LogP contribution in [0.3, 0.4) is 0 Å². The maximum absolute atomic E-state index is 12.9. The molecule has 0 amide bonds. The zero-order valence-electron chi connectivity index (χ0n) is 11.9. The number of anilines is 1. The van der Waals surface area contributed by atoms with Gasteiger partial charge in [0.05, 0.1) is 17.0 Å². The Kier molecular flexibility index (Phi) is 4.70. The van der Waals surface area contributed by atoms with Crippen LogP contribution in [-0.2, 0) is 6.18 Å². The van der Waals surface area contributed by atoms with Gasteiger partial charge in [-0.25, -0.2) is 0 Å². The molecule has 116 valence electrons. The van der Waals surface area contributed by atoms with Crippen LogP contribution in [0.1, 0.15) is 24.5 Å². The van der Waals surface area contributed by atoms with Crippen LogP contribution in [0.15, 0.2) is 53.6 Å². The lowest BCUT2D eigenvalue weighted by Gasteiger charge is -2.12. The van der Waals surface area contributed by atoms with Crippen molar-refractivity contribution in [3.63, 3.8) is 0 Å². The Labute approximate surface area is 126 Å². The monoisotopic (exact) mass is 308 g/mol. The van der Waals surface area contributed by atoms with Crippen molar-refractivity contribution in [1.29, 1.82) is 0 Å². The van der Waals surface area contributed by atoms with Gasteiger partial charge < -0.3 is 5.11 Å². The highest BCUT2D eigenvalue weighted by Gasteiger charge is 2.33. The molecule has 0 aliphatic rings. The number of hydrogen-bond acceptors (Lipinski definition) is 3. The minimum Gasteiger partial charge on any atom is -0.508 e. The first-order valence-electron chi connectivity index (χ1n) is 6.70. The van der Waals surface area contributed by atoms with Crippen LogP contribution in [0.2, 0.25) is 0 Å². The van der Waals surface area contributed by atoms with E-state index in [1.165, 1.54) is 30.3 Å². The van der Waals surface area contributed by atoms with E-state index in [1.54, 1.807) is 12.1 Å². The minimum absolute atomic E-state index is 0.0975. The fourth-order valence-electron chi connectivity index (χ4n) is 1.96. The normalized spacial score (nSPS) is 12.3. The molecule has 2 N–H and O–H groups in total. The van der Waals surface area contributed by atoms with Gasteiger partial charge in [-0.3, -0.25) is 5.43 Å². The molecular formula is C16H15F3N2O. The molecule has 0 saturated carbocycles. The van der Waals surface area contributed by atoms with Gasteiger partial charge in [-0.15, -0.1) is 0 Å². The summed E-state index contributed by atoms with van der Waals surface area (Å²) in [6.07, 6.45) is -3.91. The second-order valence-electron chi connectivity index (χ2n) is 4.61. The van der Waals surface area contributed by atoms with Crippen molar-refractivity contribution in [1.82, 2.24) is 0 Å². The first kappa shape index (κ1) is 15.9. The number of rotatable bonds is 4. The molecule has 0 saturated heterocycles. The SMILES string of the molecule is CC/C(=N\Nc1ccccc1C(F)(F)F)c1ccc(O)cc1. The van der Waals surface area contributed by atoms with Crippen molar-refractivity contribution >= 4 is 11.4 Å². The molecule has 22 heavy (non-hydrogen) atoms. The number of phenolic OH excluding ortho intramolecular Hbond substituents is 1. The van der Waals surface area contributed by atoms with Crippen LogP contribution < -0.4 is 5.43 Å². The first-order chi connectivity index (χ1) is 10.4. The van der Waals surface area contributed by atoms with Gasteiger partial charge in [0.1, 0.15) is 5.75 Å². The lowest BCUT2D eigenvalue weighted by Crippen LogP contribution is -2.10. The molecule has 0 aromatic heterocycles. The Morgan fingerprint density at radius 1 is 1.09 bits per heavy atom. The number of nitrogens with one attached hydrogen (secondary N) is 1. The average Bonchev–Trinajstić information content (AvgIpc) is 2.49. The van der Waals surface area contributed by atoms with Gasteiger partial charge in [0.2, 0.25) is 0 Å². The summed E-state index contributed by atoms with van der Waals surface area (Å²) >= 11 is 0. The van der Waals surface area contributed by atoms with Crippen LogP contribution in [0, 0.1) is 0 Å². The second kappa shape index (κ2) is 6.51. The van der Waals surface area contributed by atoms with Gasteiger partial charge in [0, 0.05) is 0 Å². The molecule has 0 aliphatic carbocycles. The topological polar surface area (TPSA) is 44.6 Å². The molecule has 0 fully saturated rings. The summed E-state index contributed by atoms with van der Waals surface area (Å²) in [4.78, 5) is 0. The Morgan fingerprint density at radius 3 is 2.32 bits per heavy atom. The minimum atomic E-state index is -4.44. The predicted octanol–water partition coefficient (Wildman–Crippen LogP) is 4.64. The van der Waals surface area contributed by atoms with E-state index in [9.17, 15) is 18.3 Å². The summed E-state index contributed by atoms with van der Waals surface area (Å²) in [5.74, 6) is 0.120. The number of hydrazone groups is 1. The zero-order valence-corrected chi connectivity index (χ0v) is 11.9. The second-order valence-corrected chi connectivity index (χ2v) is 4.61. The van der Waals surface area contributed by atoms with Crippen LogP contribution in [0.5, 0.6) is 5.75 Å². The molecular weight excluding hydrogens is 293 g/mol. The summed E-state index contributed by atoms with van der Waals surface area (Å²) in [7, 11) is 0. The summed E-state index contributed by atoms with van der Waals surface area (Å²) in [5, 5.41) is 13.3. The Hall–Kier alpha value is -2.50. The molecule has 0 bridgehead atoms. The summed E-state index contributed by atoms with van der Waals surface area (Å²) in [6, 6.07) is 11.5. The van der Waals surface area contributed by atoms with E-state index in [2.05, 4.69) is 10.5 Å². The van der Waals surface area contributed by atoms with Gasteiger partial charge in [0.15, 0.2) is 0 Å². The highest BCUT2D eigenvalue weighted by molar-refractivity contribution is 6.00. The Balaban J connectivity index is 2.28. The van der Waals surface area contributed by atoms with Crippen LogP contribution in [0.25, 0.3) is 0 Å². The quantitative estimate of drug-likeness (QED) is 0.638.